The summed E-state index contributed by atoms with van der Waals surface area (Å²) >= 11 is 0. The normalized spacial score (nSPS) is 12.4. The highest BCUT2D eigenvalue weighted by molar-refractivity contribution is 7.89. The Hall–Kier alpha value is -2.38. The van der Waals surface area contributed by atoms with Gasteiger partial charge in [-0.25, -0.2) is 13.1 Å². The topological polar surface area (TPSA) is 84.5 Å². The van der Waals surface area contributed by atoms with Gasteiger partial charge in [0.05, 0.1) is 12.0 Å². The molecule has 0 spiro atoms. The molecule has 0 bridgehead atoms. The van der Waals surface area contributed by atoms with Crippen LogP contribution in [0.1, 0.15) is 31.0 Å². The van der Waals surface area contributed by atoms with Gasteiger partial charge in [-0.15, -0.1) is 0 Å². The van der Waals surface area contributed by atoms with Gasteiger partial charge in [0.2, 0.25) is 15.9 Å². The van der Waals surface area contributed by atoms with Crippen LogP contribution in [-0.2, 0) is 21.4 Å². The van der Waals surface area contributed by atoms with Crippen LogP contribution < -0.4 is 14.8 Å². The molecule has 25 heavy (non-hydrogen) atoms. The molecule has 2 aromatic rings. The molecule has 0 aliphatic carbocycles. The van der Waals surface area contributed by atoms with Crippen LogP contribution in [0, 0.1) is 0 Å². The number of ether oxygens (including phenoxy) is 1. The summed E-state index contributed by atoms with van der Waals surface area (Å²) in [6, 6.07) is 13.2. The lowest BCUT2D eigenvalue weighted by atomic mass is 10.1. The zero-order chi connectivity index (χ0) is 18.4. The van der Waals surface area contributed by atoms with Crippen molar-refractivity contribution in [1.82, 2.24) is 10.0 Å². The van der Waals surface area contributed by atoms with Gasteiger partial charge in [0.1, 0.15) is 5.75 Å². The van der Waals surface area contributed by atoms with Crippen LogP contribution in [0.15, 0.2) is 53.4 Å². The highest BCUT2D eigenvalue weighted by Gasteiger charge is 2.20. The van der Waals surface area contributed by atoms with Gasteiger partial charge in [-0.3, -0.25) is 4.79 Å². The number of benzene rings is 2. The van der Waals surface area contributed by atoms with Gasteiger partial charge in [0.15, 0.2) is 0 Å². The molecule has 0 radical (unpaired) electrons. The molecule has 0 saturated carbocycles. The maximum absolute atomic E-state index is 12.6. The van der Waals surface area contributed by atoms with E-state index < -0.39 is 16.1 Å². The molecule has 0 aromatic heterocycles. The molecule has 0 fully saturated rings. The third kappa shape index (κ3) is 5.04. The van der Waals surface area contributed by atoms with Crippen LogP contribution in [0.3, 0.4) is 0 Å². The summed E-state index contributed by atoms with van der Waals surface area (Å²) in [4.78, 5) is 11.1. The molecule has 2 rings (SSSR count). The van der Waals surface area contributed by atoms with E-state index in [2.05, 4.69) is 10.0 Å². The largest absolute Gasteiger partial charge is 0.496 e. The molecule has 1 amide bonds. The number of hydrogen-bond acceptors (Lipinski definition) is 4. The third-order valence-corrected chi connectivity index (χ3v) is 5.27. The van der Waals surface area contributed by atoms with Gasteiger partial charge < -0.3 is 10.1 Å². The Morgan fingerprint density at radius 1 is 1.12 bits per heavy atom. The molecule has 0 saturated heterocycles. The van der Waals surface area contributed by atoms with Crippen LogP contribution in [-0.4, -0.2) is 21.4 Å². The van der Waals surface area contributed by atoms with E-state index in [-0.39, 0.29) is 10.8 Å². The molecule has 0 aliphatic rings. The Labute approximate surface area is 148 Å². The number of para-hydroxylation sites is 1. The number of sulfonamides is 1. The van der Waals surface area contributed by atoms with E-state index in [0.29, 0.717) is 12.3 Å². The zero-order valence-electron chi connectivity index (χ0n) is 14.4. The highest BCUT2D eigenvalue weighted by atomic mass is 32.2. The first kappa shape index (κ1) is 19.0. The number of nitrogens with one attached hydrogen (secondary N) is 2. The van der Waals surface area contributed by atoms with Crippen LogP contribution in [0.4, 0.5) is 0 Å². The first-order valence-electron chi connectivity index (χ1n) is 7.82. The van der Waals surface area contributed by atoms with Crippen molar-refractivity contribution in [3.63, 3.8) is 0 Å². The summed E-state index contributed by atoms with van der Waals surface area (Å²) in [5, 5.41) is 2.67. The van der Waals surface area contributed by atoms with Crippen LogP contribution in [0.2, 0.25) is 0 Å². The van der Waals surface area contributed by atoms with Gasteiger partial charge in [-0.05, 0) is 30.7 Å². The molecule has 134 valence electrons. The number of rotatable bonds is 7. The predicted octanol–water partition coefficient (Wildman–Crippen LogP) is 2.37. The number of hydrogen-bond donors (Lipinski definition) is 2. The van der Waals surface area contributed by atoms with Gasteiger partial charge >= 0.3 is 0 Å². The molecular weight excluding hydrogens is 340 g/mol. The van der Waals surface area contributed by atoms with Gasteiger partial charge in [-0.2, -0.15) is 0 Å². The predicted molar refractivity (Wildman–Crippen MR) is 95.7 cm³/mol. The molecular formula is C18H22N2O4S. The quantitative estimate of drug-likeness (QED) is 0.792. The van der Waals surface area contributed by atoms with E-state index in [1.165, 1.54) is 19.1 Å². The SMILES string of the molecule is COc1ccccc1C(C)NS(=O)(=O)c1ccc(CNC(C)=O)cc1. The standard InChI is InChI=1S/C18H22N2O4S/c1-13(17-6-4-5-7-18(17)24-3)20-25(22,23)16-10-8-15(9-11-16)12-19-14(2)21/h4-11,13,20H,12H2,1-3H3,(H,19,21). The van der Waals surface area contributed by atoms with E-state index in [1.807, 2.05) is 18.2 Å². The summed E-state index contributed by atoms with van der Waals surface area (Å²) < 4.78 is 33.1. The summed E-state index contributed by atoms with van der Waals surface area (Å²) in [6.45, 7) is 3.56. The Morgan fingerprint density at radius 2 is 1.76 bits per heavy atom. The van der Waals surface area contributed by atoms with E-state index >= 15 is 0 Å². The Morgan fingerprint density at radius 3 is 2.36 bits per heavy atom. The van der Waals surface area contributed by atoms with E-state index in [0.717, 1.165) is 11.1 Å². The second-order valence-electron chi connectivity index (χ2n) is 5.64. The summed E-state index contributed by atoms with van der Waals surface area (Å²) in [6.07, 6.45) is 0. The van der Waals surface area contributed by atoms with Crippen molar-refractivity contribution in [3.05, 3.63) is 59.7 Å². The zero-order valence-corrected chi connectivity index (χ0v) is 15.3. The summed E-state index contributed by atoms with van der Waals surface area (Å²) in [5.74, 6) is 0.493. The fourth-order valence-electron chi connectivity index (χ4n) is 2.40. The second kappa shape index (κ2) is 8.13. The van der Waals surface area contributed by atoms with Crippen molar-refractivity contribution >= 4 is 15.9 Å². The van der Waals surface area contributed by atoms with Crippen molar-refractivity contribution in [1.29, 1.82) is 0 Å². The number of carbonyl (C=O) groups is 1. The monoisotopic (exact) mass is 362 g/mol. The average Bonchev–Trinajstić information content (AvgIpc) is 2.59. The number of carbonyl (C=O) groups excluding carboxylic acids is 1. The van der Waals surface area contributed by atoms with Crippen molar-refractivity contribution in [2.75, 3.05) is 7.11 Å². The summed E-state index contributed by atoms with van der Waals surface area (Å²) in [5.41, 5.74) is 1.59. The molecule has 7 heteroatoms. The molecule has 0 heterocycles. The molecule has 0 aliphatic heterocycles. The maximum atomic E-state index is 12.6. The van der Waals surface area contributed by atoms with E-state index in [1.54, 1.807) is 32.2 Å². The van der Waals surface area contributed by atoms with Gasteiger partial charge in [0.25, 0.3) is 0 Å². The number of methoxy groups -OCH3 is 1. The van der Waals surface area contributed by atoms with Crippen LogP contribution in [0.5, 0.6) is 5.75 Å². The van der Waals surface area contributed by atoms with Crippen LogP contribution >= 0.6 is 0 Å². The fraction of sp³-hybridized carbons (Fsp3) is 0.278. The van der Waals surface area contributed by atoms with Gasteiger partial charge in [0, 0.05) is 25.1 Å². The Kier molecular flexibility index (Phi) is 6.17. The van der Waals surface area contributed by atoms with E-state index in [9.17, 15) is 13.2 Å². The van der Waals surface area contributed by atoms with Crippen LogP contribution in [0.25, 0.3) is 0 Å². The molecule has 6 nitrogen and oxygen atoms in total. The average molecular weight is 362 g/mol. The second-order valence-corrected chi connectivity index (χ2v) is 7.35. The van der Waals surface area contributed by atoms with Gasteiger partial charge in [-0.1, -0.05) is 30.3 Å². The molecule has 2 aromatic carbocycles. The first-order valence-corrected chi connectivity index (χ1v) is 9.30. The minimum atomic E-state index is -3.67. The lowest BCUT2D eigenvalue weighted by molar-refractivity contribution is -0.119. The first-order chi connectivity index (χ1) is 11.8. The van der Waals surface area contributed by atoms with E-state index in [4.69, 9.17) is 4.74 Å². The number of amides is 1. The van der Waals surface area contributed by atoms with Crippen molar-refractivity contribution in [3.8, 4) is 5.75 Å². The third-order valence-electron chi connectivity index (χ3n) is 3.71. The highest BCUT2D eigenvalue weighted by Crippen LogP contribution is 2.25. The Bertz CT molecular complexity index is 832. The fourth-order valence-corrected chi connectivity index (χ4v) is 3.62. The minimum Gasteiger partial charge on any atom is -0.496 e. The Balaban J connectivity index is 2.14. The lowest BCUT2D eigenvalue weighted by Gasteiger charge is -2.17. The molecule has 2 N–H and O–H groups in total. The minimum absolute atomic E-state index is 0.135. The van der Waals surface area contributed by atoms with Crippen molar-refractivity contribution in [2.24, 2.45) is 0 Å². The smallest absolute Gasteiger partial charge is 0.241 e. The maximum Gasteiger partial charge on any atom is 0.241 e. The summed E-state index contributed by atoms with van der Waals surface area (Å²) in [7, 11) is -2.12. The van der Waals surface area contributed by atoms with Crippen molar-refractivity contribution in [2.45, 2.75) is 31.3 Å². The lowest BCUT2D eigenvalue weighted by Crippen LogP contribution is -2.27. The molecule has 1 atom stereocenters. The molecule has 1 unspecified atom stereocenters. The van der Waals surface area contributed by atoms with Crippen molar-refractivity contribution < 1.29 is 17.9 Å².